The van der Waals surface area contributed by atoms with Crippen molar-refractivity contribution >= 4 is 6.09 Å². The highest BCUT2D eigenvalue weighted by molar-refractivity contribution is 5.69. The van der Waals surface area contributed by atoms with Crippen LogP contribution in [0.2, 0.25) is 0 Å². The minimum atomic E-state index is -0.475. The van der Waals surface area contributed by atoms with Crippen LogP contribution >= 0.6 is 0 Å². The van der Waals surface area contributed by atoms with E-state index >= 15 is 0 Å². The minimum absolute atomic E-state index is 0.214. The molecular weight excluding hydrogens is 268 g/mol. The number of amides is 1. The summed E-state index contributed by atoms with van der Waals surface area (Å²) in [6.07, 6.45) is 1.68. The number of nitrogens with zero attached hydrogens (tertiary/aromatic N) is 2. The van der Waals surface area contributed by atoms with Gasteiger partial charge in [-0.3, -0.25) is 4.90 Å². The topological polar surface area (TPSA) is 53.0 Å². The first kappa shape index (κ1) is 14.4. The zero-order valence-electron chi connectivity index (χ0n) is 12.1. The van der Waals surface area contributed by atoms with Crippen molar-refractivity contribution in [3.8, 4) is 0 Å². The molecule has 0 bridgehead atoms. The number of carbonyl (C=O) groups excluding carboxylic acids is 1. The van der Waals surface area contributed by atoms with Gasteiger partial charge in [-0.2, -0.15) is 0 Å². The SMILES string of the molecule is O=C1OCCN1CCN(CC(O)c1ccccc1)C1CC1. The average molecular weight is 290 g/mol. The Bertz CT molecular complexity index is 476. The van der Waals surface area contributed by atoms with Crippen molar-refractivity contribution in [3.05, 3.63) is 35.9 Å². The monoisotopic (exact) mass is 290 g/mol. The largest absolute Gasteiger partial charge is 0.448 e. The quantitative estimate of drug-likeness (QED) is 0.829. The lowest BCUT2D eigenvalue weighted by Gasteiger charge is -2.26. The van der Waals surface area contributed by atoms with Crippen molar-refractivity contribution in [1.82, 2.24) is 9.80 Å². The van der Waals surface area contributed by atoms with Crippen molar-refractivity contribution in [2.45, 2.75) is 25.0 Å². The van der Waals surface area contributed by atoms with E-state index in [1.807, 2.05) is 30.3 Å². The van der Waals surface area contributed by atoms with E-state index in [-0.39, 0.29) is 6.09 Å². The molecule has 1 aromatic carbocycles. The van der Waals surface area contributed by atoms with Gasteiger partial charge in [0.1, 0.15) is 6.61 Å². The van der Waals surface area contributed by atoms with Crippen molar-refractivity contribution in [2.24, 2.45) is 0 Å². The molecule has 1 aliphatic carbocycles. The highest BCUT2D eigenvalue weighted by Crippen LogP contribution is 2.28. The second-order valence-corrected chi connectivity index (χ2v) is 5.75. The van der Waals surface area contributed by atoms with Crippen LogP contribution in [-0.4, -0.2) is 59.8 Å². The molecule has 114 valence electrons. The van der Waals surface area contributed by atoms with Gasteiger partial charge in [0.15, 0.2) is 0 Å². The predicted molar refractivity (Wildman–Crippen MR) is 78.9 cm³/mol. The summed E-state index contributed by atoms with van der Waals surface area (Å²) in [6.45, 7) is 3.27. The highest BCUT2D eigenvalue weighted by Gasteiger charge is 2.31. The minimum Gasteiger partial charge on any atom is -0.448 e. The van der Waals surface area contributed by atoms with Crippen LogP contribution in [0.4, 0.5) is 4.79 Å². The summed E-state index contributed by atoms with van der Waals surface area (Å²) in [7, 11) is 0. The molecule has 1 aromatic rings. The van der Waals surface area contributed by atoms with Crippen LogP contribution in [0.15, 0.2) is 30.3 Å². The zero-order valence-corrected chi connectivity index (χ0v) is 12.1. The Morgan fingerprint density at radius 3 is 2.71 bits per heavy atom. The van der Waals surface area contributed by atoms with Crippen LogP contribution in [0.25, 0.3) is 0 Å². The van der Waals surface area contributed by atoms with Gasteiger partial charge in [0, 0.05) is 25.7 Å². The summed E-state index contributed by atoms with van der Waals surface area (Å²) in [5.41, 5.74) is 0.948. The number of ether oxygens (including phenoxy) is 1. The van der Waals surface area contributed by atoms with E-state index in [0.29, 0.717) is 32.3 Å². The molecule has 1 heterocycles. The molecule has 0 radical (unpaired) electrons. The van der Waals surface area contributed by atoms with E-state index in [1.54, 1.807) is 4.90 Å². The molecule has 1 unspecified atom stereocenters. The third-order valence-corrected chi connectivity index (χ3v) is 4.16. The predicted octanol–water partition coefficient (Wildman–Crippen LogP) is 1.64. The smallest absolute Gasteiger partial charge is 0.409 e. The first-order valence-electron chi connectivity index (χ1n) is 7.63. The van der Waals surface area contributed by atoms with E-state index in [9.17, 15) is 9.90 Å². The standard InChI is InChI=1S/C16H22N2O3/c19-15(13-4-2-1-3-5-13)12-18(14-6-7-14)9-8-17-10-11-21-16(17)20/h1-5,14-15,19H,6-12H2. The lowest BCUT2D eigenvalue weighted by Crippen LogP contribution is -2.38. The molecule has 1 amide bonds. The Kier molecular flexibility index (Phi) is 4.41. The molecule has 0 aromatic heterocycles. The highest BCUT2D eigenvalue weighted by atomic mass is 16.6. The third-order valence-electron chi connectivity index (χ3n) is 4.16. The van der Waals surface area contributed by atoms with E-state index in [1.165, 1.54) is 12.8 Å². The summed E-state index contributed by atoms with van der Waals surface area (Å²) in [6, 6.07) is 10.3. The van der Waals surface area contributed by atoms with E-state index in [0.717, 1.165) is 12.1 Å². The maximum Gasteiger partial charge on any atom is 0.409 e. The van der Waals surface area contributed by atoms with Gasteiger partial charge in [-0.05, 0) is 18.4 Å². The van der Waals surface area contributed by atoms with Crippen LogP contribution in [0, 0.1) is 0 Å². The molecule has 0 spiro atoms. The molecule has 1 atom stereocenters. The molecular formula is C16H22N2O3. The molecule has 1 aliphatic heterocycles. The number of rotatable bonds is 7. The first-order valence-corrected chi connectivity index (χ1v) is 7.63. The molecule has 1 saturated carbocycles. The Morgan fingerprint density at radius 1 is 1.33 bits per heavy atom. The van der Waals surface area contributed by atoms with Gasteiger partial charge in [0.25, 0.3) is 0 Å². The van der Waals surface area contributed by atoms with Crippen molar-refractivity contribution in [3.63, 3.8) is 0 Å². The van der Waals surface area contributed by atoms with E-state index in [4.69, 9.17) is 4.74 Å². The lowest BCUT2D eigenvalue weighted by atomic mass is 10.1. The average Bonchev–Trinajstić information content (AvgIpc) is 3.27. The Hall–Kier alpha value is -1.59. The van der Waals surface area contributed by atoms with Crippen LogP contribution in [0.3, 0.4) is 0 Å². The Balaban J connectivity index is 1.53. The molecule has 5 heteroatoms. The normalized spacial score (nSPS) is 19.9. The number of benzene rings is 1. The van der Waals surface area contributed by atoms with Crippen molar-refractivity contribution in [1.29, 1.82) is 0 Å². The van der Waals surface area contributed by atoms with Crippen LogP contribution in [0.1, 0.15) is 24.5 Å². The summed E-state index contributed by atoms with van der Waals surface area (Å²) in [5, 5.41) is 10.4. The fraction of sp³-hybridized carbons (Fsp3) is 0.562. The van der Waals surface area contributed by atoms with Gasteiger partial charge in [0.05, 0.1) is 12.6 Å². The van der Waals surface area contributed by atoms with E-state index < -0.39 is 6.10 Å². The number of hydrogen-bond donors (Lipinski definition) is 1. The number of cyclic esters (lactones) is 1. The second kappa shape index (κ2) is 6.45. The van der Waals surface area contributed by atoms with Gasteiger partial charge in [-0.25, -0.2) is 4.79 Å². The number of aliphatic hydroxyl groups excluding tert-OH is 1. The van der Waals surface area contributed by atoms with Crippen molar-refractivity contribution < 1.29 is 14.6 Å². The summed E-state index contributed by atoms with van der Waals surface area (Å²) < 4.78 is 4.94. The molecule has 21 heavy (non-hydrogen) atoms. The summed E-state index contributed by atoms with van der Waals surface area (Å²) in [4.78, 5) is 15.5. The lowest BCUT2D eigenvalue weighted by molar-refractivity contribution is 0.102. The summed E-state index contributed by atoms with van der Waals surface area (Å²) >= 11 is 0. The Morgan fingerprint density at radius 2 is 2.10 bits per heavy atom. The summed E-state index contributed by atoms with van der Waals surface area (Å²) in [5.74, 6) is 0. The van der Waals surface area contributed by atoms with Gasteiger partial charge in [0.2, 0.25) is 0 Å². The molecule has 1 saturated heterocycles. The maximum atomic E-state index is 11.5. The van der Waals surface area contributed by atoms with Crippen molar-refractivity contribution in [2.75, 3.05) is 32.8 Å². The van der Waals surface area contributed by atoms with Gasteiger partial charge in [-0.1, -0.05) is 30.3 Å². The maximum absolute atomic E-state index is 11.5. The fourth-order valence-electron chi connectivity index (χ4n) is 2.74. The fourth-order valence-corrected chi connectivity index (χ4v) is 2.74. The molecule has 2 aliphatic rings. The zero-order chi connectivity index (χ0) is 14.7. The third kappa shape index (κ3) is 3.74. The van der Waals surface area contributed by atoms with Gasteiger partial charge in [-0.15, -0.1) is 0 Å². The Labute approximate surface area is 125 Å². The van der Waals surface area contributed by atoms with Gasteiger partial charge < -0.3 is 14.7 Å². The molecule has 2 fully saturated rings. The van der Waals surface area contributed by atoms with Crippen LogP contribution < -0.4 is 0 Å². The van der Waals surface area contributed by atoms with Crippen LogP contribution in [-0.2, 0) is 4.74 Å². The molecule has 5 nitrogen and oxygen atoms in total. The second-order valence-electron chi connectivity index (χ2n) is 5.75. The first-order chi connectivity index (χ1) is 10.2. The number of carbonyl (C=O) groups is 1. The molecule has 3 rings (SSSR count). The molecule has 1 N–H and O–H groups in total. The van der Waals surface area contributed by atoms with Gasteiger partial charge >= 0.3 is 6.09 Å². The number of aliphatic hydroxyl groups is 1. The number of hydrogen-bond acceptors (Lipinski definition) is 4. The van der Waals surface area contributed by atoms with Crippen LogP contribution in [0.5, 0.6) is 0 Å². The van der Waals surface area contributed by atoms with E-state index in [2.05, 4.69) is 4.90 Å².